The molecule has 0 aromatic heterocycles. The summed E-state index contributed by atoms with van der Waals surface area (Å²) >= 11 is 5.96. The third-order valence-corrected chi connectivity index (χ3v) is 2.43. The summed E-state index contributed by atoms with van der Waals surface area (Å²) in [5, 5.41) is 9.67. The summed E-state index contributed by atoms with van der Waals surface area (Å²) in [5.41, 5.74) is 5.26. The van der Waals surface area contributed by atoms with E-state index in [4.69, 9.17) is 31.5 Å². The second-order valence-electron chi connectivity index (χ2n) is 3.34. The molecule has 0 bridgehead atoms. The van der Waals surface area contributed by atoms with Crippen LogP contribution in [0.3, 0.4) is 0 Å². The fraction of sp³-hybridized carbons (Fsp3) is 0.400. The zero-order valence-corrected chi connectivity index (χ0v) is 9.24. The Morgan fingerprint density at radius 3 is 2.81 bits per heavy atom. The Labute approximate surface area is 97.7 Å². The summed E-state index contributed by atoms with van der Waals surface area (Å²) in [6, 6.07) is 3.25. The Hall–Kier alpha value is -1.17. The van der Waals surface area contributed by atoms with Crippen molar-refractivity contribution in [3.05, 3.63) is 17.2 Å². The van der Waals surface area contributed by atoms with Gasteiger partial charge in [-0.05, 0) is 0 Å². The van der Waals surface area contributed by atoms with Gasteiger partial charge in [-0.1, -0.05) is 11.6 Å². The molecule has 1 aliphatic heterocycles. The Morgan fingerprint density at radius 1 is 1.44 bits per heavy atom. The molecule has 1 heterocycles. The van der Waals surface area contributed by atoms with E-state index >= 15 is 0 Å². The summed E-state index contributed by atoms with van der Waals surface area (Å²) in [6.07, 6.45) is -0.707. The van der Waals surface area contributed by atoms with Crippen LogP contribution >= 0.6 is 11.6 Å². The third-order valence-electron chi connectivity index (χ3n) is 2.13. The highest BCUT2D eigenvalue weighted by Crippen LogP contribution is 2.40. The number of aliphatic hydroxyl groups is 1. The minimum atomic E-state index is -0.707. The summed E-state index contributed by atoms with van der Waals surface area (Å²) in [5.74, 6) is 1.62. The van der Waals surface area contributed by atoms with Crippen LogP contribution in [-0.2, 0) is 0 Å². The zero-order chi connectivity index (χ0) is 11.5. The third kappa shape index (κ3) is 2.32. The average Bonchev–Trinajstić information content (AvgIpc) is 2.72. The van der Waals surface area contributed by atoms with Gasteiger partial charge in [-0.2, -0.15) is 0 Å². The van der Waals surface area contributed by atoms with Crippen LogP contribution in [0.2, 0.25) is 5.02 Å². The molecule has 1 aromatic carbocycles. The summed E-state index contributed by atoms with van der Waals surface area (Å²) < 4.78 is 15.6. The van der Waals surface area contributed by atoms with Crippen LogP contribution in [0, 0.1) is 0 Å². The predicted octanol–water partition coefficient (Wildman–Crippen LogP) is 0.767. The number of halogens is 1. The van der Waals surface area contributed by atoms with Gasteiger partial charge in [0.2, 0.25) is 6.79 Å². The first-order valence-corrected chi connectivity index (χ1v) is 5.18. The molecule has 6 heteroatoms. The molecule has 0 saturated heterocycles. The van der Waals surface area contributed by atoms with Crippen LogP contribution in [0.4, 0.5) is 0 Å². The summed E-state index contributed by atoms with van der Waals surface area (Å²) in [7, 11) is 0. The van der Waals surface area contributed by atoms with Crippen LogP contribution in [0.15, 0.2) is 12.1 Å². The van der Waals surface area contributed by atoms with Crippen molar-refractivity contribution in [3.63, 3.8) is 0 Å². The second-order valence-corrected chi connectivity index (χ2v) is 3.74. The highest BCUT2D eigenvalue weighted by molar-refractivity contribution is 6.32. The van der Waals surface area contributed by atoms with Gasteiger partial charge in [-0.3, -0.25) is 0 Å². The Bertz CT molecular complexity index is 385. The highest BCUT2D eigenvalue weighted by atomic mass is 35.5. The summed E-state index contributed by atoms with van der Waals surface area (Å²) in [4.78, 5) is 0. The number of hydrogen-bond donors (Lipinski definition) is 2. The lowest BCUT2D eigenvalue weighted by molar-refractivity contribution is 0.114. The molecule has 16 heavy (non-hydrogen) atoms. The number of nitrogens with two attached hydrogens (primary N) is 1. The first-order valence-electron chi connectivity index (χ1n) is 4.81. The molecular formula is C10H12ClNO4. The van der Waals surface area contributed by atoms with Gasteiger partial charge in [0.1, 0.15) is 18.5 Å². The molecule has 0 radical (unpaired) electrons. The number of rotatable bonds is 4. The van der Waals surface area contributed by atoms with Crippen LogP contribution in [0.1, 0.15) is 0 Å². The van der Waals surface area contributed by atoms with Gasteiger partial charge in [-0.25, -0.2) is 0 Å². The van der Waals surface area contributed by atoms with E-state index in [0.29, 0.717) is 22.3 Å². The van der Waals surface area contributed by atoms with Gasteiger partial charge >= 0.3 is 0 Å². The summed E-state index contributed by atoms with van der Waals surface area (Å²) in [6.45, 7) is 0.415. The lowest BCUT2D eigenvalue weighted by atomic mass is 10.3. The molecule has 2 rings (SSSR count). The van der Waals surface area contributed by atoms with Crippen molar-refractivity contribution in [3.8, 4) is 17.2 Å². The van der Waals surface area contributed by atoms with E-state index in [-0.39, 0.29) is 19.9 Å². The van der Waals surface area contributed by atoms with Gasteiger partial charge in [0.25, 0.3) is 0 Å². The van der Waals surface area contributed by atoms with Crippen LogP contribution < -0.4 is 19.9 Å². The minimum Gasteiger partial charge on any atom is -0.489 e. The SMILES string of the molecule is NCC(O)COc1cc2c(cc1Cl)OCO2. The van der Waals surface area contributed by atoms with Crippen molar-refractivity contribution in [1.29, 1.82) is 0 Å². The van der Waals surface area contributed by atoms with E-state index in [0.717, 1.165) is 0 Å². The molecule has 3 N–H and O–H groups in total. The number of hydrogen-bond acceptors (Lipinski definition) is 5. The molecule has 1 aromatic rings. The maximum Gasteiger partial charge on any atom is 0.231 e. The molecule has 1 atom stereocenters. The lowest BCUT2D eigenvalue weighted by Crippen LogP contribution is -2.26. The van der Waals surface area contributed by atoms with E-state index < -0.39 is 6.10 Å². The minimum absolute atomic E-state index is 0.0931. The zero-order valence-electron chi connectivity index (χ0n) is 8.48. The molecule has 0 amide bonds. The van der Waals surface area contributed by atoms with Crippen molar-refractivity contribution >= 4 is 11.6 Å². The number of ether oxygens (including phenoxy) is 3. The molecule has 88 valence electrons. The largest absolute Gasteiger partial charge is 0.489 e. The van der Waals surface area contributed by atoms with E-state index in [1.165, 1.54) is 0 Å². The van der Waals surface area contributed by atoms with Gasteiger partial charge in [0.15, 0.2) is 11.5 Å². The lowest BCUT2D eigenvalue weighted by Gasteiger charge is -2.11. The molecular weight excluding hydrogens is 234 g/mol. The molecule has 0 saturated carbocycles. The molecule has 1 unspecified atom stereocenters. The van der Waals surface area contributed by atoms with Crippen molar-refractivity contribution in [2.24, 2.45) is 5.73 Å². The van der Waals surface area contributed by atoms with Crippen molar-refractivity contribution in [2.45, 2.75) is 6.10 Å². The van der Waals surface area contributed by atoms with Gasteiger partial charge < -0.3 is 25.1 Å². The first-order chi connectivity index (χ1) is 7.70. The number of fused-ring (bicyclic) bond motifs is 1. The smallest absolute Gasteiger partial charge is 0.231 e. The van der Waals surface area contributed by atoms with Gasteiger partial charge in [0, 0.05) is 18.7 Å². The van der Waals surface area contributed by atoms with Crippen LogP contribution in [-0.4, -0.2) is 31.2 Å². The van der Waals surface area contributed by atoms with E-state index in [1.807, 2.05) is 0 Å². The van der Waals surface area contributed by atoms with Crippen molar-refractivity contribution in [1.82, 2.24) is 0 Å². The predicted molar refractivity (Wildman–Crippen MR) is 58.1 cm³/mol. The van der Waals surface area contributed by atoms with Gasteiger partial charge in [-0.15, -0.1) is 0 Å². The molecule has 0 fully saturated rings. The Balaban J connectivity index is 2.09. The topological polar surface area (TPSA) is 73.9 Å². The quantitative estimate of drug-likeness (QED) is 0.820. The highest BCUT2D eigenvalue weighted by Gasteiger charge is 2.17. The van der Waals surface area contributed by atoms with E-state index in [2.05, 4.69) is 0 Å². The number of aliphatic hydroxyl groups excluding tert-OH is 1. The standard InChI is InChI=1S/C10H12ClNO4/c11-7-1-9-10(16-5-15-9)2-8(7)14-4-6(13)3-12/h1-2,6,13H,3-5,12H2. The normalized spacial score (nSPS) is 14.9. The first kappa shape index (κ1) is 11.3. The maximum atomic E-state index is 9.25. The van der Waals surface area contributed by atoms with Crippen molar-refractivity contribution < 1.29 is 19.3 Å². The van der Waals surface area contributed by atoms with Crippen molar-refractivity contribution in [2.75, 3.05) is 19.9 Å². The maximum absolute atomic E-state index is 9.25. The molecule has 5 nitrogen and oxygen atoms in total. The van der Waals surface area contributed by atoms with Crippen LogP contribution in [0.5, 0.6) is 17.2 Å². The monoisotopic (exact) mass is 245 g/mol. The average molecular weight is 246 g/mol. The Kier molecular flexibility index (Phi) is 3.38. The fourth-order valence-corrected chi connectivity index (χ4v) is 1.47. The number of benzene rings is 1. The van der Waals surface area contributed by atoms with E-state index in [1.54, 1.807) is 12.1 Å². The molecule has 0 aliphatic carbocycles. The molecule has 1 aliphatic rings. The van der Waals surface area contributed by atoms with Crippen LogP contribution in [0.25, 0.3) is 0 Å². The Morgan fingerprint density at radius 2 is 2.12 bits per heavy atom. The second kappa shape index (κ2) is 4.78. The van der Waals surface area contributed by atoms with E-state index in [9.17, 15) is 5.11 Å². The van der Waals surface area contributed by atoms with Gasteiger partial charge in [0.05, 0.1) is 5.02 Å². The molecule has 0 spiro atoms. The fourth-order valence-electron chi connectivity index (χ4n) is 1.26.